The van der Waals surface area contributed by atoms with Crippen molar-refractivity contribution in [1.82, 2.24) is 4.90 Å². The normalized spacial score (nSPS) is 14.0. The van der Waals surface area contributed by atoms with Crippen molar-refractivity contribution >= 4 is 23.2 Å². The number of anilines is 1. The molecule has 1 amide bonds. The van der Waals surface area contributed by atoms with Gasteiger partial charge in [0, 0.05) is 41.8 Å². The summed E-state index contributed by atoms with van der Waals surface area (Å²) in [7, 11) is 0. The monoisotopic (exact) mass is 346 g/mol. The zero-order valence-corrected chi connectivity index (χ0v) is 14.1. The zero-order valence-electron chi connectivity index (χ0n) is 13.3. The second-order valence-electron chi connectivity index (χ2n) is 6.07. The van der Waals surface area contributed by atoms with Crippen molar-refractivity contribution in [1.29, 1.82) is 0 Å². The molecule has 1 aliphatic rings. The molecule has 5 heteroatoms. The van der Waals surface area contributed by atoms with Crippen molar-refractivity contribution in [3.05, 3.63) is 64.9 Å². The number of nitrogens with one attached hydrogen (secondary N) is 1. The van der Waals surface area contributed by atoms with Gasteiger partial charge in [-0.3, -0.25) is 9.69 Å². The van der Waals surface area contributed by atoms with Gasteiger partial charge in [-0.15, -0.1) is 0 Å². The summed E-state index contributed by atoms with van der Waals surface area (Å²) in [6.07, 6.45) is 2.55. The topological polar surface area (TPSA) is 32.3 Å². The van der Waals surface area contributed by atoms with Gasteiger partial charge in [-0.1, -0.05) is 35.9 Å². The van der Waals surface area contributed by atoms with E-state index in [1.165, 1.54) is 6.07 Å². The van der Waals surface area contributed by atoms with Crippen LogP contribution in [0.15, 0.2) is 48.5 Å². The van der Waals surface area contributed by atoms with Gasteiger partial charge in [0.15, 0.2) is 0 Å². The summed E-state index contributed by atoms with van der Waals surface area (Å²) in [5, 5.41) is 3.32. The Morgan fingerprint density at radius 1 is 1.17 bits per heavy atom. The maximum atomic E-state index is 14.0. The molecule has 0 radical (unpaired) electrons. The van der Waals surface area contributed by atoms with E-state index in [1.54, 1.807) is 12.1 Å². The second kappa shape index (κ2) is 7.77. The minimum Gasteiger partial charge on any atom is -0.326 e. The number of para-hydroxylation sites is 1. The number of amides is 1. The van der Waals surface area contributed by atoms with Crippen LogP contribution < -0.4 is 5.32 Å². The Bertz CT molecular complexity index is 684. The van der Waals surface area contributed by atoms with Crippen LogP contribution in [0.5, 0.6) is 0 Å². The van der Waals surface area contributed by atoms with Crippen LogP contribution in [-0.2, 0) is 11.3 Å². The molecule has 24 heavy (non-hydrogen) atoms. The summed E-state index contributed by atoms with van der Waals surface area (Å²) >= 11 is 6.12. The first kappa shape index (κ1) is 16.9. The Hall–Kier alpha value is -1.91. The third kappa shape index (κ3) is 4.56. The van der Waals surface area contributed by atoms with Crippen LogP contribution in [-0.4, -0.2) is 23.4 Å². The van der Waals surface area contributed by atoms with E-state index >= 15 is 0 Å². The van der Waals surface area contributed by atoms with Crippen molar-refractivity contribution < 1.29 is 9.18 Å². The first-order valence-electron chi connectivity index (χ1n) is 8.15. The molecule has 2 aromatic carbocycles. The molecule has 0 atom stereocenters. The highest BCUT2D eigenvalue weighted by Gasteiger charge is 2.30. The molecule has 1 saturated carbocycles. The molecule has 0 bridgehead atoms. The van der Waals surface area contributed by atoms with E-state index in [-0.39, 0.29) is 11.7 Å². The zero-order chi connectivity index (χ0) is 16.9. The van der Waals surface area contributed by atoms with Crippen LogP contribution >= 0.6 is 11.6 Å². The summed E-state index contributed by atoms with van der Waals surface area (Å²) in [5.74, 6) is -0.326. The Morgan fingerprint density at radius 3 is 2.58 bits per heavy atom. The van der Waals surface area contributed by atoms with Gasteiger partial charge in [-0.05, 0) is 37.1 Å². The van der Waals surface area contributed by atoms with E-state index in [2.05, 4.69) is 10.2 Å². The number of rotatable bonds is 7. The van der Waals surface area contributed by atoms with E-state index in [0.717, 1.165) is 18.5 Å². The maximum Gasteiger partial charge on any atom is 0.225 e. The number of carbonyl (C=O) groups is 1. The molecule has 2 aromatic rings. The first-order valence-corrected chi connectivity index (χ1v) is 8.53. The van der Waals surface area contributed by atoms with E-state index < -0.39 is 0 Å². The predicted molar refractivity (Wildman–Crippen MR) is 94.5 cm³/mol. The molecule has 0 unspecified atom stereocenters. The van der Waals surface area contributed by atoms with Crippen LogP contribution in [0.2, 0.25) is 5.02 Å². The molecule has 1 aliphatic carbocycles. The lowest BCUT2D eigenvalue weighted by atomic mass is 10.2. The lowest BCUT2D eigenvalue weighted by molar-refractivity contribution is -0.116. The molecule has 0 heterocycles. The molecule has 0 saturated heterocycles. The van der Waals surface area contributed by atoms with Gasteiger partial charge in [-0.25, -0.2) is 4.39 Å². The highest BCUT2D eigenvalue weighted by Crippen LogP contribution is 2.30. The molecule has 3 nitrogen and oxygen atoms in total. The number of halogens is 2. The summed E-state index contributed by atoms with van der Waals surface area (Å²) in [6, 6.07) is 14.5. The fraction of sp³-hybridized carbons (Fsp3) is 0.316. The van der Waals surface area contributed by atoms with Crippen LogP contribution in [0.3, 0.4) is 0 Å². The lowest BCUT2D eigenvalue weighted by Gasteiger charge is -2.22. The van der Waals surface area contributed by atoms with Gasteiger partial charge < -0.3 is 5.32 Å². The number of hydrogen-bond acceptors (Lipinski definition) is 2. The highest BCUT2D eigenvalue weighted by atomic mass is 35.5. The molecular weight excluding hydrogens is 327 g/mol. The standard InChI is InChI=1S/C19H20ClFN2O/c20-17-7-4-8-18(21)16(17)13-23(15-9-10-15)12-11-19(24)22-14-5-2-1-3-6-14/h1-8,15H,9-13H2,(H,22,24). The Morgan fingerprint density at radius 2 is 1.92 bits per heavy atom. The number of carbonyl (C=O) groups excluding carboxylic acids is 1. The van der Waals surface area contributed by atoms with Gasteiger partial charge in [0.05, 0.1) is 0 Å². The summed E-state index contributed by atoms with van der Waals surface area (Å²) in [5.41, 5.74) is 1.30. The van der Waals surface area contributed by atoms with Gasteiger partial charge >= 0.3 is 0 Å². The quantitative estimate of drug-likeness (QED) is 0.802. The molecule has 0 aliphatic heterocycles. The molecule has 3 rings (SSSR count). The van der Waals surface area contributed by atoms with Gasteiger partial charge in [0.1, 0.15) is 5.82 Å². The predicted octanol–water partition coefficient (Wildman–Crippen LogP) is 4.47. The van der Waals surface area contributed by atoms with Crippen molar-refractivity contribution in [2.45, 2.75) is 31.8 Å². The first-order chi connectivity index (χ1) is 11.6. The average molecular weight is 347 g/mol. The van der Waals surface area contributed by atoms with Crippen LogP contribution in [0.25, 0.3) is 0 Å². The molecule has 0 spiro atoms. The summed E-state index contributed by atoms with van der Waals surface area (Å²) in [4.78, 5) is 14.3. The molecule has 1 N–H and O–H groups in total. The molecule has 1 fully saturated rings. The largest absolute Gasteiger partial charge is 0.326 e. The van der Waals surface area contributed by atoms with Crippen LogP contribution in [0, 0.1) is 5.82 Å². The Balaban J connectivity index is 1.58. The summed E-state index contributed by atoms with van der Waals surface area (Å²) in [6.45, 7) is 1.03. The van der Waals surface area contributed by atoms with Gasteiger partial charge in [0.25, 0.3) is 0 Å². The fourth-order valence-corrected chi connectivity index (χ4v) is 2.93. The molecule has 0 aromatic heterocycles. The van der Waals surface area contributed by atoms with Crippen LogP contribution in [0.1, 0.15) is 24.8 Å². The number of hydrogen-bond donors (Lipinski definition) is 1. The Labute approximate surface area is 146 Å². The SMILES string of the molecule is O=C(CCN(Cc1c(F)cccc1Cl)C1CC1)Nc1ccccc1. The minimum absolute atomic E-state index is 0.0357. The lowest BCUT2D eigenvalue weighted by Crippen LogP contribution is -2.30. The highest BCUT2D eigenvalue weighted by molar-refractivity contribution is 6.31. The number of benzene rings is 2. The third-order valence-corrected chi connectivity index (χ3v) is 4.52. The fourth-order valence-electron chi connectivity index (χ4n) is 2.71. The second-order valence-corrected chi connectivity index (χ2v) is 6.47. The van der Waals surface area contributed by atoms with E-state index in [0.29, 0.717) is 36.1 Å². The minimum atomic E-state index is -0.290. The van der Waals surface area contributed by atoms with E-state index in [1.807, 2.05) is 30.3 Å². The smallest absolute Gasteiger partial charge is 0.225 e. The molecule has 126 valence electrons. The van der Waals surface area contributed by atoms with Crippen molar-refractivity contribution in [2.75, 3.05) is 11.9 Å². The third-order valence-electron chi connectivity index (χ3n) is 4.17. The van der Waals surface area contributed by atoms with Crippen LogP contribution in [0.4, 0.5) is 10.1 Å². The van der Waals surface area contributed by atoms with Crippen molar-refractivity contribution in [3.8, 4) is 0 Å². The van der Waals surface area contributed by atoms with Crippen molar-refractivity contribution in [2.24, 2.45) is 0 Å². The van der Waals surface area contributed by atoms with Crippen molar-refractivity contribution in [3.63, 3.8) is 0 Å². The number of nitrogens with zero attached hydrogens (tertiary/aromatic N) is 1. The summed E-state index contributed by atoms with van der Waals surface area (Å²) < 4.78 is 14.0. The van der Waals surface area contributed by atoms with E-state index in [9.17, 15) is 9.18 Å². The van der Waals surface area contributed by atoms with Gasteiger partial charge in [-0.2, -0.15) is 0 Å². The average Bonchev–Trinajstić information content (AvgIpc) is 3.40. The maximum absolute atomic E-state index is 14.0. The Kier molecular flexibility index (Phi) is 5.48. The molecular formula is C19H20ClFN2O. The van der Waals surface area contributed by atoms with E-state index in [4.69, 9.17) is 11.6 Å². The van der Waals surface area contributed by atoms with Gasteiger partial charge in [0.2, 0.25) is 5.91 Å².